The number of benzene rings is 2. The normalized spacial score (nSPS) is 12.8. The van der Waals surface area contributed by atoms with Crippen molar-refractivity contribution in [1.82, 2.24) is 15.6 Å². The summed E-state index contributed by atoms with van der Waals surface area (Å²) in [7, 11) is 0. The quantitative estimate of drug-likeness (QED) is 0.411. The molecule has 0 radical (unpaired) electrons. The number of H-pyrrole nitrogens is 1. The highest BCUT2D eigenvalue weighted by molar-refractivity contribution is 5.92. The number of ether oxygens (including phenoxy) is 1. The first-order valence-electron chi connectivity index (χ1n) is 10.5. The summed E-state index contributed by atoms with van der Waals surface area (Å²) in [6.07, 6.45) is 1.32. The number of carbonyl (C=O) groups is 3. The molecule has 5 N–H and O–H groups in total. The molecule has 1 heterocycles. The van der Waals surface area contributed by atoms with E-state index in [1.807, 2.05) is 54.6 Å². The molecule has 0 saturated carbocycles. The number of hydrogen-bond acceptors (Lipinski definition) is 4. The number of fused-ring (bicyclic) bond motifs is 1. The molecule has 0 bridgehead atoms. The van der Waals surface area contributed by atoms with E-state index >= 15 is 0 Å². The third-order valence-electron chi connectivity index (χ3n) is 5.19. The van der Waals surface area contributed by atoms with Crippen molar-refractivity contribution in [2.24, 2.45) is 11.7 Å². The Balaban J connectivity index is 1.63. The summed E-state index contributed by atoms with van der Waals surface area (Å²) >= 11 is 0. The maximum absolute atomic E-state index is 12.9. The van der Waals surface area contributed by atoms with Crippen LogP contribution >= 0.6 is 0 Å². The zero-order valence-electron chi connectivity index (χ0n) is 18.1. The number of nitrogens with one attached hydrogen (secondary N) is 3. The lowest BCUT2D eigenvalue weighted by Crippen LogP contribution is -2.55. The van der Waals surface area contributed by atoms with Crippen molar-refractivity contribution in [3.63, 3.8) is 0 Å². The van der Waals surface area contributed by atoms with Crippen LogP contribution in [0.15, 0.2) is 60.8 Å². The van der Waals surface area contributed by atoms with Gasteiger partial charge in [-0.25, -0.2) is 4.79 Å². The van der Waals surface area contributed by atoms with Crippen LogP contribution in [-0.2, 0) is 27.4 Å². The van der Waals surface area contributed by atoms with E-state index < -0.39 is 30.0 Å². The van der Waals surface area contributed by atoms with Crippen molar-refractivity contribution in [3.05, 3.63) is 71.9 Å². The zero-order chi connectivity index (χ0) is 23.1. The van der Waals surface area contributed by atoms with Crippen molar-refractivity contribution in [3.8, 4) is 0 Å². The highest BCUT2D eigenvalue weighted by Gasteiger charge is 2.29. The maximum Gasteiger partial charge on any atom is 0.408 e. The Hall–Kier alpha value is -3.81. The van der Waals surface area contributed by atoms with E-state index in [0.29, 0.717) is 0 Å². The van der Waals surface area contributed by atoms with E-state index in [4.69, 9.17) is 10.5 Å². The molecule has 3 amide bonds. The molecular weight excluding hydrogens is 408 g/mol. The van der Waals surface area contributed by atoms with Crippen molar-refractivity contribution in [2.45, 2.75) is 39.0 Å². The van der Waals surface area contributed by atoms with E-state index in [1.54, 1.807) is 20.0 Å². The minimum Gasteiger partial charge on any atom is -0.445 e. The number of alkyl carbamates (subject to hydrolysis) is 1. The van der Waals surface area contributed by atoms with Crippen LogP contribution in [0.3, 0.4) is 0 Å². The lowest BCUT2D eigenvalue weighted by molar-refractivity contribution is -0.129. The summed E-state index contributed by atoms with van der Waals surface area (Å²) in [4.78, 5) is 40.4. The lowest BCUT2D eigenvalue weighted by atomic mass is 10.0. The monoisotopic (exact) mass is 436 g/mol. The van der Waals surface area contributed by atoms with Gasteiger partial charge in [0.15, 0.2) is 0 Å². The molecule has 0 aliphatic heterocycles. The van der Waals surface area contributed by atoms with Gasteiger partial charge in [-0.1, -0.05) is 62.4 Å². The lowest BCUT2D eigenvalue weighted by Gasteiger charge is -2.24. The third kappa shape index (κ3) is 5.87. The standard InChI is InChI=1S/C24H28N4O4/c1-15(2)21(28-24(31)32-14-16-8-4-3-5-9-16)23(30)27-20(22(25)29)12-17-13-26-19-11-7-6-10-18(17)19/h3-11,13,15,20-21,26H,12,14H2,1-2H3,(H2,25,29)(H,27,30)(H,28,31)/t20-,21+/m1/s1. The van der Waals surface area contributed by atoms with Crippen LogP contribution in [0.1, 0.15) is 25.0 Å². The number of aromatic nitrogens is 1. The summed E-state index contributed by atoms with van der Waals surface area (Å²) in [6, 6.07) is 15.1. The Labute approximate surface area is 186 Å². The molecule has 0 spiro atoms. The average Bonchev–Trinajstić information content (AvgIpc) is 3.19. The molecule has 2 aromatic carbocycles. The van der Waals surface area contributed by atoms with Crippen molar-refractivity contribution >= 4 is 28.8 Å². The van der Waals surface area contributed by atoms with Gasteiger partial charge < -0.3 is 26.1 Å². The molecule has 0 fully saturated rings. The number of primary amides is 1. The van der Waals surface area contributed by atoms with Gasteiger partial charge in [0.1, 0.15) is 18.7 Å². The molecule has 0 aliphatic carbocycles. The molecular formula is C24H28N4O4. The first kappa shape index (κ1) is 22.9. The molecule has 1 aromatic heterocycles. The summed E-state index contributed by atoms with van der Waals surface area (Å²) < 4.78 is 5.22. The molecule has 8 nitrogen and oxygen atoms in total. The minimum atomic E-state index is -0.926. The van der Waals surface area contributed by atoms with Crippen LogP contribution in [-0.4, -0.2) is 35.0 Å². The van der Waals surface area contributed by atoms with Gasteiger partial charge in [0, 0.05) is 23.5 Å². The van der Waals surface area contributed by atoms with E-state index in [2.05, 4.69) is 15.6 Å². The number of aromatic amines is 1. The summed E-state index contributed by atoms with van der Waals surface area (Å²) in [5.41, 5.74) is 8.19. The topological polar surface area (TPSA) is 126 Å². The van der Waals surface area contributed by atoms with Gasteiger partial charge in [0.05, 0.1) is 0 Å². The van der Waals surface area contributed by atoms with E-state index in [0.717, 1.165) is 22.0 Å². The number of para-hydroxylation sites is 1. The van der Waals surface area contributed by atoms with Crippen molar-refractivity contribution in [2.75, 3.05) is 0 Å². The Kier molecular flexibility index (Phi) is 7.49. The number of amides is 3. The fourth-order valence-electron chi connectivity index (χ4n) is 3.43. The third-order valence-corrected chi connectivity index (χ3v) is 5.19. The zero-order valence-corrected chi connectivity index (χ0v) is 18.1. The molecule has 2 atom stereocenters. The van der Waals surface area contributed by atoms with Crippen LogP contribution in [0, 0.1) is 5.92 Å². The molecule has 3 aromatic rings. The van der Waals surface area contributed by atoms with Crippen molar-refractivity contribution in [1.29, 1.82) is 0 Å². The molecule has 0 saturated heterocycles. The van der Waals surface area contributed by atoms with Gasteiger partial charge in [-0.15, -0.1) is 0 Å². The van der Waals surface area contributed by atoms with Gasteiger partial charge in [-0.3, -0.25) is 9.59 Å². The summed E-state index contributed by atoms with van der Waals surface area (Å²) in [5, 5.41) is 6.22. The Morgan fingerprint density at radius 3 is 2.38 bits per heavy atom. The molecule has 32 heavy (non-hydrogen) atoms. The number of carbonyl (C=O) groups excluding carboxylic acids is 3. The highest BCUT2D eigenvalue weighted by Crippen LogP contribution is 2.19. The number of nitrogens with two attached hydrogens (primary N) is 1. The van der Waals surface area contributed by atoms with Gasteiger partial charge in [-0.05, 0) is 23.1 Å². The smallest absolute Gasteiger partial charge is 0.408 e. The second-order valence-corrected chi connectivity index (χ2v) is 7.95. The van der Waals surface area contributed by atoms with E-state index in [1.165, 1.54) is 0 Å². The number of rotatable bonds is 9. The van der Waals surface area contributed by atoms with E-state index in [9.17, 15) is 14.4 Å². The first-order valence-corrected chi connectivity index (χ1v) is 10.5. The predicted octanol–water partition coefficient (Wildman–Crippen LogP) is 2.63. The number of hydrogen-bond donors (Lipinski definition) is 4. The van der Waals surface area contributed by atoms with Crippen molar-refractivity contribution < 1.29 is 19.1 Å². The Morgan fingerprint density at radius 1 is 1.00 bits per heavy atom. The van der Waals surface area contributed by atoms with Crippen LogP contribution < -0.4 is 16.4 Å². The van der Waals surface area contributed by atoms with Crippen LogP contribution in [0.5, 0.6) is 0 Å². The van der Waals surface area contributed by atoms with Crippen LogP contribution in [0.25, 0.3) is 10.9 Å². The molecule has 8 heteroatoms. The Morgan fingerprint density at radius 2 is 1.69 bits per heavy atom. The first-order chi connectivity index (χ1) is 15.3. The minimum absolute atomic E-state index is 0.0869. The van der Waals surface area contributed by atoms with E-state index in [-0.39, 0.29) is 18.9 Å². The largest absolute Gasteiger partial charge is 0.445 e. The predicted molar refractivity (Wildman–Crippen MR) is 122 cm³/mol. The van der Waals surface area contributed by atoms with Gasteiger partial charge in [0.25, 0.3) is 0 Å². The fraction of sp³-hybridized carbons (Fsp3) is 0.292. The highest BCUT2D eigenvalue weighted by atomic mass is 16.5. The molecule has 168 valence electrons. The SMILES string of the molecule is CC(C)[C@H](NC(=O)OCc1ccccc1)C(=O)N[C@H](Cc1c[nH]c2ccccc12)C(N)=O. The average molecular weight is 437 g/mol. The molecule has 0 unspecified atom stereocenters. The Bertz CT molecular complexity index is 1080. The van der Waals surface area contributed by atoms with Crippen LogP contribution in [0.2, 0.25) is 0 Å². The van der Waals surface area contributed by atoms with Gasteiger partial charge in [0.2, 0.25) is 11.8 Å². The van der Waals surface area contributed by atoms with Gasteiger partial charge in [-0.2, -0.15) is 0 Å². The summed E-state index contributed by atoms with van der Waals surface area (Å²) in [5.74, 6) is -1.39. The maximum atomic E-state index is 12.9. The summed E-state index contributed by atoms with van der Waals surface area (Å²) in [6.45, 7) is 3.67. The molecule has 3 rings (SSSR count). The fourth-order valence-corrected chi connectivity index (χ4v) is 3.43. The second-order valence-electron chi connectivity index (χ2n) is 7.95. The van der Waals surface area contributed by atoms with Crippen LogP contribution in [0.4, 0.5) is 4.79 Å². The molecule has 0 aliphatic rings. The van der Waals surface area contributed by atoms with Gasteiger partial charge >= 0.3 is 6.09 Å². The second kappa shape index (κ2) is 10.5.